The third-order valence-electron chi connectivity index (χ3n) is 2.51. The number of carbonyl (C=O) groups excluding carboxylic acids is 1. The lowest BCUT2D eigenvalue weighted by Crippen LogP contribution is -2.50. The number of hydrogen-bond donors (Lipinski definition) is 0. The highest BCUT2D eigenvalue weighted by Gasteiger charge is 2.42. The highest BCUT2D eigenvalue weighted by Crippen LogP contribution is 2.12. The minimum absolute atomic E-state index is 0.0295. The van der Waals surface area contributed by atoms with Crippen molar-refractivity contribution in [2.45, 2.75) is 39.5 Å². The third kappa shape index (κ3) is 8.15. The first kappa shape index (κ1) is 18.3. The molecule has 0 saturated heterocycles. The van der Waals surface area contributed by atoms with Crippen LogP contribution in [-0.4, -0.2) is 41.3 Å². The van der Waals surface area contributed by atoms with Crippen molar-refractivity contribution in [2.24, 2.45) is 0 Å². The summed E-state index contributed by atoms with van der Waals surface area (Å²) in [7, 11) is -1.38. The molecule has 0 aromatic carbocycles. The molecule has 0 atom stereocenters. The molecule has 0 fully saturated rings. The van der Waals surface area contributed by atoms with E-state index in [0.717, 1.165) is 31.8 Å². The fourth-order valence-corrected chi connectivity index (χ4v) is 3.10. The Labute approximate surface area is 117 Å². The van der Waals surface area contributed by atoms with Crippen LogP contribution in [0.15, 0.2) is 12.7 Å². The van der Waals surface area contributed by atoms with Gasteiger partial charge < -0.3 is 18.0 Å². The summed E-state index contributed by atoms with van der Waals surface area (Å²) in [4.78, 5) is 11.1. The molecule has 19 heavy (non-hydrogen) atoms. The van der Waals surface area contributed by atoms with Crippen LogP contribution in [0.4, 0.5) is 0 Å². The number of hydrogen-bond acceptors (Lipinski definition) is 5. The van der Waals surface area contributed by atoms with Crippen molar-refractivity contribution in [2.75, 3.05) is 26.6 Å². The second-order valence-corrected chi connectivity index (χ2v) is 6.74. The van der Waals surface area contributed by atoms with E-state index in [1.807, 2.05) is 0 Å². The molecule has 0 spiro atoms. The van der Waals surface area contributed by atoms with Gasteiger partial charge >= 0.3 is 14.8 Å². The number of ether oxygens (including phenoxy) is 1. The summed E-state index contributed by atoms with van der Waals surface area (Å²) in [5, 5.41) is 0. The predicted molar refractivity (Wildman–Crippen MR) is 75.6 cm³/mol. The van der Waals surface area contributed by atoms with E-state index in [9.17, 15) is 4.79 Å². The van der Waals surface area contributed by atoms with E-state index in [4.69, 9.17) is 18.0 Å². The van der Waals surface area contributed by atoms with Gasteiger partial charge in [0.15, 0.2) is 6.23 Å². The largest absolute Gasteiger partial charge is 0.540 e. The summed E-state index contributed by atoms with van der Waals surface area (Å²) in [6.07, 6.45) is 5.04. The highest BCUT2D eigenvalue weighted by molar-refractivity contribution is 6.60. The van der Waals surface area contributed by atoms with Crippen molar-refractivity contribution in [1.82, 2.24) is 0 Å². The molecule has 0 aliphatic heterocycles. The first-order valence-corrected chi connectivity index (χ1v) is 8.69. The molecule has 0 saturated carbocycles. The zero-order valence-corrected chi connectivity index (χ0v) is 13.3. The lowest BCUT2D eigenvalue weighted by atomic mass is 10.4. The molecule has 6 heteroatoms. The topological polar surface area (TPSA) is 54.0 Å². The molecule has 112 valence electrons. The van der Waals surface area contributed by atoms with Gasteiger partial charge in [0.25, 0.3) is 0 Å². The smallest absolute Gasteiger partial charge is 0.458 e. The maximum absolute atomic E-state index is 11.1. The van der Waals surface area contributed by atoms with Crippen molar-refractivity contribution in [3.63, 3.8) is 0 Å². The van der Waals surface area contributed by atoms with Crippen LogP contribution in [0.5, 0.6) is 0 Å². The Bertz CT molecular complexity index is 247. The van der Waals surface area contributed by atoms with E-state index in [2.05, 4.69) is 20.4 Å². The van der Waals surface area contributed by atoms with Gasteiger partial charge in [-0.15, -0.1) is 0 Å². The summed E-state index contributed by atoms with van der Waals surface area (Å²) in [5.41, 5.74) is 0. The van der Waals surface area contributed by atoms with Crippen molar-refractivity contribution < 1.29 is 22.8 Å². The van der Waals surface area contributed by atoms with Crippen LogP contribution >= 0.6 is 0 Å². The Hall–Kier alpha value is -0.693. The maximum atomic E-state index is 11.1. The summed E-state index contributed by atoms with van der Waals surface area (Å²) in [5.74, 6) is -0.493. The molecule has 5 nitrogen and oxygen atoms in total. The van der Waals surface area contributed by atoms with E-state index in [1.54, 1.807) is 0 Å². The Morgan fingerprint density at radius 2 is 1.68 bits per heavy atom. The van der Waals surface area contributed by atoms with Crippen LogP contribution in [0.25, 0.3) is 0 Å². The van der Waals surface area contributed by atoms with Gasteiger partial charge in [0.2, 0.25) is 0 Å². The van der Waals surface area contributed by atoms with E-state index in [1.165, 1.54) is 7.11 Å². The Kier molecular flexibility index (Phi) is 10.8. The van der Waals surface area contributed by atoms with Crippen LogP contribution < -0.4 is 0 Å². The molecule has 0 N–H and O–H groups in total. The van der Waals surface area contributed by atoms with Crippen LogP contribution in [0.1, 0.15) is 39.5 Å². The minimum atomic E-state index is -2.91. The zero-order chi connectivity index (χ0) is 14.6. The number of carbonyl (C=O) groups is 1. The molecule has 0 radical (unpaired) electrons. The average Bonchev–Trinajstić information content (AvgIpc) is 2.44. The molecule has 0 amide bonds. The quantitative estimate of drug-likeness (QED) is 0.239. The third-order valence-corrected chi connectivity index (χ3v) is 4.92. The number of rotatable bonds is 12. The Morgan fingerprint density at radius 3 is 2.05 bits per heavy atom. The molecule has 0 bridgehead atoms. The minimum Gasteiger partial charge on any atom is -0.458 e. The Morgan fingerprint density at radius 1 is 1.16 bits per heavy atom. The predicted octanol–water partition coefficient (Wildman–Crippen LogP) is 2.47. The van der Waals surface area contributed by atoms with Crippen molar-refractivity contribution in [3.8, 4) is 0 Å². The second-order valence-electron chi connectivity index (χ2n) is 4.10. The summed E-state index contributed by atoms with van der Waals surface area (Å²) >= 11 is 0. The van der Waals surface area contributed by atoms with Gasteiger partial charge in [-0.1, -0.05) is 33.3 Å². The van der Waals surface area contributed by atoms with Gasteiger partial charge in [-0.25, -0.2) is 4.79 Å². The fourth-order valence-electron chi connectivity index (χ4n) is 1.26. The van der Waals surface area contributed by atoms with Crippen molar-refractivity contribution >= 4 is 14.8 Å². The molecular weight excluding hydrogens is 264 g/mol. The number of unbranched alkanes of at least 4 members (excludes halogenated alkanes) is 2. The normalized spacial score (nSPS) is 11.3. The molecule has 0 heterocycles. The maximum Gasteiger partial charge on any atom is 0.540 e. The van der Waals surface area contributed by atoms with Crippen molar-refractivity contribution in [3.05, 3.63) is 12.7 Å². The van der Waals surface area contributed by atoms with Gasteiger partial charge in [0.05, 0.1) is 0 Å². The first-order valence-electron chi connectivity index (χ1n) is 6.76. The van der Waals surface area contributed by atoms with Crippen LogP contribution in [0, 0.1) is 0 Å². The molecule has 0 aliphatic rings. The van der Waals surface area contributed by atoms with E-state index >= 15 is 0 Å². The average molecular weight is 290 g/mol. The summed E-state index contributed by atoms with van der Waals surface area (Å²) in [6.45, 7) is 8.61. The standard InChI is InChI=1S/C13H26O5Si/c1-5-8-10-17-19(15-4,18-11-9-6-2)12-16-13(14)7-3/h7H,3,5-6,8-12H2,1-2,4H3. The Balaban J connectivity index is 4.44. The lowest BCUT2D eigenvalue weighted by molar-refractivity contribution is -0.137. The van der Waals surface area contributed by atoms with E-state index in [0.29, 0.717) is 13.2 Å². The van der Waals surface area contributed by atoms with Crippen LogP contribution in [0.2, 0.25) is 0 Å². The first-order chi connectivity index (χ1) is 9.14. The van der Waals surface area contributed by atoms with Crippen molar-refractivity contribution in [1.29, 1.82) is 0 Å². The second kappa shape index (κ2) is 11.2. The zero-order valence-electron chi connectivity index (χ0n) is 12.3. The van der Waals surface area contributed by atoms with Crippen LogP contribution in [0.3, 0.4) is 0 Å². The summed E-state index contributed by atoms with van der Waals surface area (Å²) in [6, 6.07) is 0. The van der Waals surface area contributed by atoms with Gasteiger partial charge in [-0.3, -0.25) is 0 Å². The highest BCUT2D eigenvalue weighted by atomic mass is 28.4. The van der Waals surface area contributed by atoms with Gasteiger partial charge in [-0.05, 0) is 12.8 Å². The molecule has 0 aromatic rings. The number of esters is 1. The van der Waals surface area contributed by atoms with E-state index < -0.39 is 14.8 Å². The SMILES string of the molecule is C=CC(=O)OC[Si](OC)(OCCCC)OCCCC. The van der Waals surface area contributed by atoms with E-state index in [-0.39, 0.29) is 6.23 Å². The summed E-state index contributed by atoms with van der Waals surface area (Å²) < 4.78 is 21.9. The molecule has 0 unspecified atom stereocenters. The molecule has 0 aliphatic carbocycles. The van der Waals surface area contributed by atoms with Gasteiger partial charge in [0.1, 0.15) is 0 Å². The lowest BCUT2D eigenvalue weighted by Gasteiger charge is -2.27. The van der Waals surface area contributed by atoms with Crippen LogP contribution in [-0.2, 0) is 22.8 Å². The molecule has 0 aromatic heterocycles. The van der Waals surface area contributed by atoms with Gasteiger partial charge in [-0.2, -0.15) is 0 Å². The fraction of sp³-hybridized carbons (Fsp3) is 0.769. The molecule has 0 rings (SSSR count). The monoisotopic (exact) mass is 290 g/mol. The van der Waals surface area contributed by atoms with Gasteiger partial charge in [0, 0.05) is 26.4 Å². The molecular formula is C13H26O5Si.